The van der Waals surface area contributed by atoms with Crippen molar-refractivity contribution in [3.05, 3.63) is 164 Å². The Morgan fingerprint density at radius 1 is 0.273 bits per heavy atom. The van der Waals surface area contributed by atoms with Gasteiger partial charge in [0.1, 0.15) is 0 Å². The molecule has 0 bridgehead atoms. The fraction of sp³-hybridized carbons (Fsp3) is 0. The van der Waals surface area contributed by atoms with Crippen molar-refractivity contribution in [3.8, 4) is 56.4 Å². The van der Waals surface area contributed by atoms with E-state index >= 15 is 0 Å². The van der Waals surface area contributed by atoms with E-state index in [4.69, 9.17) is 15.0 Å². The van der Waals surface area contributed by atoms with Crippen LogP contribution < -0.4 is 0 Å². The van der Waals surface area contributed by atoms with Crippen LogP contribution in [0.2, 0.25) is 0 Å². The molecular formula is C41H27N3. The van der Waals surface area contributed by atoms with Crippen LogP contribution in [0.15, 0.2) is 164 Å². The van der Waals surface area contributed by atoms with Gasteiger partial charge in [0, 0.05) is 16.7 Å². The maximum atomic E-state index is 5.17. The quantitative estimate of drug-likeness (QED) is 0.210. The summed E-state index contributed by atoms with van der Waals surface area (Å²) in [5.41, 5.74) is 7.47. The highest BCUT2D eigenvalue weighted by molar-refractivity contribution is 6.02. The number of rotatable bonds is 5. The molecule has 3 nitrogen and oxygen atoms in total. The lowest BCUT2D eigenvalue weighted by Crippen LogP contribution is -2.01. The van der Waals surface area contributed by atoms with Gasteiger partial charge < -0.3 is 0 Å². The zero-order valence-corrected chi connectivity index (χ0v) is 23.9. The summed E-state index contributed by atoms with van der Waals surface area (Å²) < 4.78 is 0. The minimum atomic E-state index is 0.649. The Morgan fingerprint density at radius 3 is 1.57 bits per heavy atom. The van der Waals surface area contributed by atoms with Crippen molar-refractivity contribution in [3.63, 3.8) is 0 Å². The van der Waals surface area contributed by atoms with Gasteiger partial charge in [0.2, 0.25) is 0 Å². The molecule has 3 heteroatoms. The highest BCUT2D eigenvalue weighted by Crippen LogP contribution is 2.36. The van der Waals surface area contributed by atoms with E-state index in [1.807, 2.05) is 42.5 Å². The van der Waals surface area contributed by atoms with Crippen molar-refractivity contribution in [2.45, 2.75) is 0 Å². The van der Waals surface area contributed by atoms with Gasteiger partial charge in [-0.05, 0) is 49.9 Å². The third-order valence-corrected chi connectivity index (χ3v) is 8.14. The molecule has 0 radical (unpaired) electrons. The van der Waals surface area contributed by atoms with E-state index in [2.05, 4.69) is 121 Å². The van der Waals surface area contributed by atoms with Gasteiger partial charge in [-0.15, -0.1) is 0 Å². The molecule has 1 heterocycles. The Labute approximate surface area is 256 Å². The largest absolute Gasteiger partial charge is 0.208 e. The molecule has 206 valence electrons. The normalized spacial score (nSPS) is 11.2. The average Bonchev–Trinajstić information content (AvgIpc) is 3.11. The van der Waals surface area contributed by atoms with Gasteiger partial charge in [0.05, 0.1) is 0 Å². The van der Waals surface area contributed by atoms with Gasteiger partial charge in [0.15, 0.2) is 17.5 Å². The molecule has 0 amide bonds. The minimum Gasteiger partial charge on any atom is -0.208 e. The van der Waals surface area contributed by atoms with Gasteiger partial charge in [-0.2, -0.15) is 0 Å². The summed E-state index contributed by atoms with van der Waals surface area (Å²) in [4.78, 5) is 15.3. The van der Waals surface area contributed by atoms with Crippen molar-refractivity contribution in [2.24, 2.45) is 0 Å². The monoisotopic (exact) mass is 561 g/mol. The fourth-order valence-corrected chi connectivity index (χ4v) is 5.99. The molecule has 0 aliphatic rings. The lowest BCUT2D eigenvalue weighted by molar-refractivity contribution is 1.08. The first-order valence-corrected chi connectivity index (χ1v) is 14.8. The molecule has 44 heavy (non-hydrogen) atoms. The molecule has 0 aliphatic heterocycles. The van der Waals surface area contributed by atoms with Crippen LogP contribution in [0.1, 0.15) is 0 Å². The zero-order valence-electron chi connectivity index (χ0n) is 23.9. The summed E-state index contributed by atoms with van der Waals surface area (Å²) >= 11 is 0. The molecule has 1 aromatic heterocycles. The predicted octanol–water partition coefficient (Wildman–Crippen LogP) is 10.5. The van der Waals surface area contributed by atoms with Crippen molar-refractivity contribution in [1.29, 1.82) is 0 Å². The number of fused-ring (bicyclic) bond motifs is 2. The first kappa shape index (κ1) is 25.8. The van der Waals surface area contributed by atoms with Gasteiger partial charge in [-0.3, -0.25) is 0 Å². The van der Waals surface area contributed by atoms with Crippen LogP contribution in [0.3, 0.4) is 0 Å². The summed E-state index contributed by atoms with van der Waals surface area (Å²) in [6.45, 7) is 0. The Hall–Kier alpha value is -5.93. The highest BCUT2D eigenvalue weighted by Gasteiger charge is 2.17. The van der Waals surface area contributed by atoms with Crippen LogP contribution in [-0.2, 0) is 0 Å². The van der Waals surface area contributed by atoms with Crippen LogP contribution in [0.4, 0.5) is 0 Å². The van der Waals surface area contributed by atoms with E-state index < -0.39 is 0 Å². The van der Waals surface area contributed by atoms with E-state index in [1.54, 1.807) is 0 Å². The van der Waals surface area contributed by atoms with Crippen molar-refractivity contribution in [1.82, 2.24) is 15.0 Å². The molecule has 0 unspecified atom stereocenters. The molecule has 8 aromatic rings. The molecule has 8 rings (SSSR count). The Balaban J connectivity index is 1.36. The molecule has 7 aromatic carbocycles. The minimum absolute atomic E-state index is 0.649. The molecule has 0 atom stereocenters. The maximum absolute atomic E-state index is 5.17. The first-order chi connectivity index (χ1) is 21.8. The van der Waals surface area contributed by atoms with E-state index in [0.29, 0.717) is 17.5 Å². The molecular weight excluding hydrogens is 534 g/mol. The number of benzene rings is 7. The Bertz CT molecular complexity index is 2270. The number of aromatic nitrogens is 3. The van der Waals surface area contributed by atoms with Gasteiger partial charge in [-0.25, -0.2) is 15.0 Å². The third kappa shape index (κ3) is 4.71. The summed E-state index contributed by atoms with van der Waals surface area (Å²) in [7, 11) is 0. The van der Waals surface area contributed by atoms with Crippen molar-refractivity contribution in [2.75, 3.05) is 0 Å². The summed E-state index contributed by atoms with van der Waals surface area (Å²) in [6, 6.07) is 56.9. The van der Waals surface area contributed by atoms with Crippen LogP contribution in [0.25, 0.3) is 78.0 Å². The first-order valence-electron chi connectivity index (χ1n) is 14.8. The fourth-order valence-electron chi connectivity index (χ4n) is 5.99. The second kappa shape index (κ2) is 11.0. The SMILES string of the molecule is c1ccc(-c2nc(-c3ccccc3-c3ccccc3)nc(-c3cccc4ccc(-c5cccc6ccccc56)cc34)n2)cc1. The Morgan fingerprint density at radius 2 is 0.795 bits per heavy atom. The van der Waals surface area contributed by atoms with Crippen LogP contribution in [0, 0.1) is 0 Å². The molecule has 0 saturated carbocycles. The predicted molar refractivity (Wildman–Crippen MR) is 182 cm³/mol. The third-order valence-electron chi connectivity index (χ3n) is 8.14. The molecule has 0 fully saturated rings. The van der Waals surface area contributed by atoms with Gasteiger partial charge >= 0.3 is 0 Å². The van der Waals surface area contributed by atoms with Crippen molar-refractivity contribution < 1.29 is 0 Å². The second-order valence-electron chi connectivity index (χ2n) is 10.9. The second-order valence-corrected chi connectivity index (χ2v) is 10.9. The van der Waals surface area contributed by atoms with E-state index in [1.165, 1.54) is 16.3 Å². The lowest BCUT2D eigenvalue weighted by Gasteiger charge is -2.14. The highest BCUT2D eigenvalue weighted by atomic mass is 15.0. The van der Waals surface area contributed by atoms with E-state index in [9.17, 15) is 0 Å². The Kier molecular flexibility index (Phi) is 6.47. The average molecular weight is 562 g/mol. The van der Waals surface area contributed by atoms with Crippen LogP contribution >= 0.6 is 0 Å². The number of hydrogen-bond donors (Lipinski definition) is 0. The van der Waals surface area contributed by atoms with Crippen LogP contribution in [0.5, 0.6) is 0 Å². The van der Waals surface area contributed by atoms with Gasteiger partial charge in [-0.1, -0.05) is 158 Å². The molecule has 0 saturated heterocycles. The van der Waals surface area contributed by atoms with Crippen molar-refractivity contribution >= 4 is 21.5 Å². The topological polar surface area (TPSA) is 38.7 Å². The van der Waals surface area contributed by atoms with Crippen LogP contribution in [-0.4, -0.2) is 15.0 Å². The van der Waals surface area contributed by atoms with Gasteiger partial charge in [0.25, 0.3) is 0 Å². The summed E-state index contributed by atoms with van der Waals surface area (Å²) in [5, 5.41) is 4.70. The molecule has 0 N–H and O–H groups in total. The maximum Gasteiger partial charge on any atom is 0.164 e. The summed E-state index contributed by atoms with van der Waals surface area (Å²) in [6.07, 6.45) is 0. The lowest BCUT2D eigenvalue weighted by atomic mass is 9.94. The number of nitrogens with zero attached hydrogens (tertiary/aromatic N) is 3. The molecule has 0 spiro atoms. The standard InChI is InChI=1S/C41H27N3/c1-3-13-28(14-4-1)34-21-9-10-22-36(34)40-42-39(31-16-5-2-6-17-31)43-41(44-40)37-24-12-19-30-25-26-32(27-38(30)37)35-23-11-18-29-15-7-8-20-33(29)35/h1-27H. The zero-order chi connectivity index (χ0) is 29.3. The number of hydrogen-bond acceptors (Lipinski definition) is 3. The molecule has 0 aliphatic carbocycles. The summed E-state index contributed by atoms with van der Waals surface area (Å²) in [5.74, 6) is 1.95. The smallest absolute Gasteiger partial charge is 0.164 e. The van der Waals surface area contributed by atoms with E-state index in [-0.39, 0.29) is 0 Å². The van der Waals surface area contributed by atoms with E-state index in [0.717, 1.165) is 44.2 Å².